The Hall–Kier alpha value is -2.88. The molecule has 2 heterocycles. The van der Waals surface area contributed by atoms with Gasteiger partial charge in [0.25, 0.3) is 5.91 Å². The molecule has 0 spiro atoms. The number of fused-ring (bicyclic) bond motifs is 1. The molecule has 142 valence electrons. The topological polar surface area (TPSA) is 119 Å². The van der Waals surface area contributed by atoms with Crippen LogP contribution in [0.2, 0.25) is 0 Å². The number of hydrogen-bond acceptors (Lipinski definition) is 5. The van der Waals surface area contributed by atoms with Crippen LogP contribution >= 0.6 is 0 Å². The molecule has 9 nitrogen and oxygen atoms in total. The van der Waals surface area contributed by atoms with E-state index >= 15 is 0 Å². The Morgan fingerprint density at radius 3 is 2.81 bits per heavy atom. The lowest BCUT2D eigenvalue weighted by atomic mass is 10.2. The van der Waals surface area contributed by atoms with Crippen molar-refractivity contribution in [3.05, 3.63) is 46.5 Å². The summed E-state index contributed by atoms with van der Waals surface area (Å²) in [6.45, 7) is 0.219. The van der Waals surface area contributed by atoms with Gasteiger partial charge in [0.2, 0.25) is 0 Å². The van der Waals surface area contributed by atoms with Crippen molar-refractivity contribution in [2.45, 2.75) is 25.4 Å². The molecule has 1 saturated carbocycles. The lowest BCUT2D eigenvalue weighted by Crippen LogP contribution is -2.15. The van der Waals surface area contributed by atoms with Gasteiger partial charge in [0, 0.05) is 30.1 Å². The minimum Gasteiger partial charge on any atom is -0.306 e. The number of H-pyrrole nitrogens is 1. The van der Waals surface area contributed by atoms with E-state index in [1.165, 1.54) is 4.68 Å². The normalized spacial score (nSPS) is 14.6. The summed E-state index contributed by atoms with van der Waals surface area (Å²) in [6.07, 6.45) is 4.77. The molecule has 1 aliphatic rings. The summed E-state index contributed by atoms with van der Waals surface area (Å²) in [6, 6.07) is 6.94. The monoisotopic (exact) mass is 389 g/mol. The third-order valence-corrected chi connectivity index (χ3v) is 5.39. The van der Waals surface area contributed by atoms with Crippen LogP contribution in [0.3, 0.4) is 0 Å². The van der Waals surface area contributed by atoms with Gasteiger partial charge in [0.1, 0.15) is 9.84 Å². The highest BCUT2D eigenvalue weighted by atomic mass is 32.2. The fourth-order valence-electron chi connectivity index (χ4n) is 2.97. The van der Waals surface area contributed by atoms with E-state index in [0.29, 0.717) is 16.9 Å². The Morgan fingerprint density at radius 2 is 2.11 bits per heavy atom. The molecule has 0 unspecified atom stereocenters. The average molecular weight is 389 g/mol. The van der Waals surface area contributed by atoms with Crippen molar-refractivity contribution in [3.8, 4) is 0 Å². The van der Waals surface area contributed by atoms with E-state index in [9.17, 15) is 18.0 Å². The first kappa shape index (κ1) is 17.5. The van der Waals surface area contributed by atoms with E-state index in [4.69, 9.17) is 0 Å². The summed E-state index contributed by atoms with van der Waals surface area (Å²) in [5, 5.41) is 6.83. The Balaban J connectivity index is 1.50. The minimum atomic E-state index is -3.08. The first-order chi connectivity index (χ1) is 12.8. The molecule has 27 heavy (non-hydrogen) atoms. The Labute approximate surface area is 154 Å². The van der Waals surface area contributed by atoms with Crippen molar-refractivity contribution >= 4 is 32.6 Å². The summed E-state index contributed by atoms with van der Waals surface area (Å²) < 4.78 is 25.6. The summed E-state index contributed by atoms with van der Waals surface area (Å²) in [5.74, 6) is -0.0488. The average Bonchev–Trinajstić information content (AvgIpc) is 3.23. The number of aryl methyl sites for hydroxylation is 1. The van der Waals surface area contributed by atoms with Gasteiger partial charge in [-0.15, -0.1) is 0 Å². The zero-order chi connectivity index (χ0) is 19.2. The van der Waals surface area contributed by atoms with Crippen molar-refractivity contribution in [2.24, 2.45) is 0 Å². The van der Waals surface area contributed by atoms with Gasteiger partial charge in [-0.2, -0.15) is 5.10 Å². The fourth-order valence-corrected chi connectivity index (χ4v) is 3.49. The van der Waals surface area contributed by atoms with Gasteiger partial charge in [0.05, 0.1) is 23.3 Å². The smallest absolute Gasteiger partial charge is 0.306 e. The number of imidazole rings is 1. The molecule has 0 bridgehead atoms. The van der Waals surface area contributed by atoms with Crippen LogP contribution in [-0.2, 0) is 16.4 Å². The molecule has 10 heteroatoms. The zero-order valence-corrected chi connectivity index (χ0v) is 15.5. The van der Waals surface area contributed by atoms with E-state index < -0.39 is 9.84 Å². The van der Waals surface area contributed by atoms with Crippen LogP contribution < -0.4 is 11.0 Å². The fraction of sp³-hybridized carbons (Fsp3) is 0.353. The van der Waals surface area contributed by atoms with Crippen LogP contribution in [0.1, 0.15) is 29.2 Å². The van der Waals surface area contributed by atoms with Gasteiger partial charge in [-0.3, -0.25) is 14.0 Å². The minimum absolute atomic E-state index is 0.0237. The van der Waals surface area contributed by atoms with Gasteiger partial charge < -0.3 is 10.3 Å². The second-order valence-corrected chi connectivity index (χ2v) is 9.07. The summed E-state index contributed by atoms with van der Waals surface area (Å²) >= 11 is 0. The van der Waals surface area contributed by atoms with Crippen molar-refractivity contribution in [1.29, 1.82) is 0 Å². The predicted octanol–water partition coefficient (Wildman–Crippen LogP) is 1.16. The number of benzene rings is 1. The van der Waals surface area contributed by atoms with E-state index in [2.05, 4.69) is 15.4 Å². The highest BCUT2D eigenvalue weighted by molar-refractivity contribution is 7.90. The molecule has 1 fully saturated rings. The van der Waals surface area contributed by atoms with E-state index in [-0.39, 0.29) is 29.9 Å². The Morgan fingerprint density at radius 1 is 1.33 bits per heavy atom. The summed E-state index contributed by atoms with van der Waals surface area (Å²) in [5.41, 5.74) is 1.66. The molecule has 4 rings (SSSR count). The lowest BCUT2D eigenvalue weighted by Gasteiger charge is -2.04. The molecule has 2 N–H and O–H groups in total. The molecule has 0 saturated heterocycles. The number of nitrogens with zero attached hydrogens (tertiary/aromatic N) is 3. The van der Waals surface area contributed by atoms with Gasteiger partial charge in [-0.1, -0.05) is 0 Å². The van der Waals surface area contributed by atoms with Crippen molar-refractivity contribution in [2.75, 3.05) is 17.3 Å². The highest BCUT2D eigenvalue weighted by Gasteiger charge is 2.27. The maximum Gasteiger partial charge on any atom is 0.326 e. The van der Waals surface area contributed by atoms with Crippen molar-refractivity contribution in [1.82, 2.24) is 19.3 Å². The van der Waals surface area contributed by atoms with Crippen LogP contribution in [-0.4, -0.2) is 45.7 Å². The maximum absolute atomic E-state index is 12.5. The lowest BCUT2D eigenvalue weighted by molar-refractivity contribution is 0.102. The Bertz CT molecular complexity index is 1180. The van der Waals surface area contributed by atoms with E-state index in [1.54, 1.807) is 35.0 Å². The van der Waals surface area contributed by atoms with Crippen LogP contribution in [0.15, 0.2) is 35.3 Å². The maximum atomic E-state index is 12.5. The largest absolute Gasteiger partial charge is 0.326 e. The van der Waals surface area contributed by atoms with Gasteiger partial charge in [-0.25, -0.2) is 13.2 Å². The molecular formula is C17H19N5O4S. The van der Waals surface area contributed by atoms with E-state index in [0.717, 1.165) is 24.6 Å². The number of carbonyl (C=O) groups is 1. The zero-order valence-electron chi connectivity index (χ0n) is 14.7. The number of sulfone groups is 1. The number of aromatic nitrogens is 4. The summed E-state index contributed by atoms with van der Waals surface area (Å²) in [7, 11) is -3.08. The van der Waals surface area contributed by atoms with Crippen molar-refractivity contribution < 1.29 is 13.2 Å². The SMILES string of the molecule is CS(=O)(=O)CCn1ccc(NC(=O)c2ccc3c(c2)[nH]c(=O)n3C2CC2)n1. The van der Waals surface area contributed by atoms with Crippen LogP contribution in [0.25, 0.3) is 11.0 Å². The van der Waals surface area contributed by atoms with Gasteiger partial charge in [0.15, 0.2) is 5.82 Å². The van der Waals surface area contributed by atoms with Crippen LogP contribution in [0.4, 0.5) is 5.82 Å². The second-order valence-electron chi connectivity index (χ2n) is 6.81. The highest BCUT2D eigenvalue weighted by Crippen LogP contribution is 2.35. The number of hydrogen-bond donors (Lipinski definition) is 2. The molecule has 1 aromatic carbocycles. The first-order valence-corrected chi connectivity index (χ1v) is 10.6. The Kier molecular flexibility index (Phi) is 4.14. The number of nitrogens with one attached hydrogen (secondary N) is 2. The molecule has 1 amide bonds. The second kappa shape index (κ2) is 6.38. The predicted molar refractivity (Wildman–Crippen MR) is 101 cm³/mol. The molecular weight excluding hydrogens is 370 g/mol. The van der Waals surface area contributed by atoms with Crippen molar-refractivity contribution in [3.63, 3.8) is 0 Å². The van der Waals surface area contributed by atoms with Gasteiger partial charge in [-0.05, 0) is 31.0 Å². The number of aromatic amines is 1. The number of carbonyl (C=O) groups excluding carboxylic acids is 1. The third-order valence-electron chi connectivity index (χ3n) is 4.46. The molecule has 0 radical (unpaired) electrons. The summed E-state index contributed by atoms with van der Waals surface area (Å²) in [4.78, 5) is 27.3. The molecule has 0 atom stereocenters. The molecule has 1 aliphatic carbocycles. The van der Waals surface area contributed by atoms with Crippen LogP contribution in [0.5, 0.6) is 0 Å². The third kappa shape index (κ3) is 3.80. The molecule has 2 aromatic heterocycles. The molecule has 0 aliphatic heterocycles. The first-order valence-electron chi connectivity index (χ1n) is 8.57. The number of amides is 1. The standard InChI is InChI=1S/C17H19N5O4S/c1-27(25,26)9-8-21-7-6-15(20-21)19-16(23)11-2-5-14-13(10-11)18-17(24)22(14)12-3-4-12/h2,5-7,10,12H,3-4,8-9H2,1H3,(H,18,24)(H,19,20,23). The molecule has 3 aromatic rings. The van der Waals surface area contributed by atoms with Gasteiger partial charge >= 0.3 is 5.69 Å². The van der Waals surface area contributed by atoms with E-state index in [1.807, 2.05) is 0 Å². The number of rotatable bonds is 6. The van der Waals surface area contributed by atoms with Crippen LogP contribution in [0, 0.1) is 0 Å². The number of anilines is 1. The quantitative estimate of drug-likeness (QED) is 0.656.